The summed E-state index contributed by atoms with van der Waals surface area (Å²) in [7, 11) is -0.512. The Morgan fingerprint density at radius 2 is 1.71 bits per heavy atom. The van der Waals surface area contributed by atoms with Gasteiger partial charge in [0.2, 0.25) is 0 Å². The molecule has 38 heavy (non-hydrogen) atoms. The number of rotatable bonds is 10. The van der Waals surface area contributed by atoms with Crippen LogP contribution in [0, 0.1) is 5.63 Å². The van der Waals surface area contributed by atoms with Gasteiger partial charge in [-0.2, -0.15) is 0 Å². The maximum absolute atomic E-state index is 13.2. The van der Waals surface area contributed by atoms with E-state index in [0.29, 0.717) is 31.9 Å². The summed E-state index contributed by atoms with van der Waals surface area (Å²) in [6, 6.07) is 9.74. The molecule has 0 spiro atoms. The molecule has 1 aromatic carbocycles. The quantitative estimate of drug-likeness (QED) is 0.359. The van der Waals surface area contributed by atoms with Crippen LogP contribution in [0.3, 0.4) is 0 Å². The standard InChI is InChI=1S/C27H34N5O5P/c1-3-5-12-21-18-22(29-24(28-21)20-10-8-7-9-11-20)25(33)30-23(19-38-36)26(34)31-13-15-32(16-14-31)27(35)37-17-6-4-2/h7-11,18,23H,3-6,12-17H2,1-2H3,(H,30,33)/t23-/m0/s1. The van der Waals surface area contributed by atoms with E-state index in [0.717, 1.165) is 36.9 Å². The van der Waals surface area contributed by atoms with Crippen LogP contribution in [-0.2, 0) is 20.5 Å². The predicted molar refractivity (Wildman–Crippen MR) is 143 cm³/mol. The van der Waals surface area contributed by atoms with Crippen LogP contribution < -0.4 is 5.32 Å². The summed E-state index contributed by atoms with van der Waals surface area (Å²) in [5.74, 6) is -0.622. The Morgan fingerprint density at radius 1 is 1.03 bits per heavy atom. The summed E-state index contributed by atoms with van der Waals surface area (Å²) < 4.78 is 16.6. The molecule has 0 unspecified atom stereocenters. The summed E-state index contributed by atoms with van der Waals surface area (Å²) in [6.45, 7) is 5.59. The van der Waals surface area contributed by atoms with Gasteiger partial charge in [0, 0.05) is 0 Å². The number of piperazine rings is 1. The van der Waals surface area contributed by atoms with Crippen LogP contribution in [0.4, 0.5) is 4.79 Å². The molecule has 0 saturated carbocycles. The van der Waals surface area contributed by atoms with E-state index in [4.69, 9.17) is 4.74 Å². The number of carbonyl (C=O) groups excluding carboxylic acids is 3. The van der Waals surface area contributed by atoms with Crippen LogP contribution in [0.1, 0.15) is 55.7 Å². The van der Waals surface area contributed by atoms with Crippen LogP contribution in [0.25, 0.3) is 11.4 Å². The van der Waals surface area contributed by atoms with Crippen molar-refractivity contribution in [1.29, 1.82) is 0 Å². The number of nitrogens with zero attached hydrogens (tertiary/aromatic N) is 4. The molecule has 3 amide bonds. The first-order valence-electron chi connectivity index (χ1n) is 13.0. The van der Waals surface area contributed by atoms with Crippen molar-refractivity contribution in [2.24, 2.45) is 0 Å². The van der Waals surface area contributed by atoms with E-state index < -0.39 is 31.9 Å². The Bertz CT molecular complexity index is 1210. The van der Waals surface area contributed by atoms with E-state index >= 15 is 0 Å². The molecule has 1 aromatic heterocycles. The summed E-state index contributed by atoms with van der Waals surface area (Å²) in [5, 5.41) is 2.62. The Hall–Kier alpha value is -3.48. The van der Waals surface area contributed by atoms with Crippen LogP contribution >= 0.6 is 7.92 Å². The molecule has 3 rings (SSSR count). The van der Waals surface area contributed by atoms with Gasteiger partial charge in [0.15, 0.2) is 0 Å². The van der Waals surface area contributed by atoms with Gasteiger partial charge in [-0.05, 0) is 0 Å². The molecule has 0 bridgehead atoms. The first-order chi connectivity index (χ1) is 18.5. The number of hydrogen-bond donors (Lipinski definition) is 1. The van der Waals surface area contributed by atoms with Gasteiger partial charge >= 0.3 is 217 Å². The number of unbranched alkanes of at least 4 members (excludes halogenated alkanes) is 2. The predicted octanol–water partition coefficient (Wildman–Crippen LogP) is 3.92. The number of hydrogen-bond acceptors (Lipinski definition) is 7. The molecule has 10 nitrogen and oxygen atoms in total. The Labute approximate surface area is 224 Å². The molecule has 1 saturated heterocycles. The second-order valence-corrected chi connectivity index (χ2v) is 9.39. The van der Waals surface area contributed by atoms with Crippen molar-refractivity contribution >= 4 is 25.8 Å². The molecule has 1 fully saturated rings. The van der Waals surface area contributed by atoms with Gasteiger partial charge in [-0.15, -0.1) is 0 Å². The summed E-state index contributed by atoms with van der Waals surface area (Å²) in [6.07, 6.45) is 3.89. The summed E-state index contributed by atoms with van der Waals surface area (Å²) in [4.78, 5) is 50.7. The Kier molecular flexibility index (Phi) is 11.5. The van der Waals surface area contributed by atoms with E-state index in [1.165, 1.54) is 4.90 Å². The number of benzene rings is 1. The van der Waals surface area contributed by atoms with Gasteiger partial charge in [0.05, 0.1) is 0 Å². The van der Waals surface area contributed by atoms with Crippen molar-refractivity contribution in [3.05, 3.63) is 47.8 Å². The fraction of sp³-hybridized carbons (Fsp3) is 0.481. The third kappa shape index (κ3) is 8.27. The van der Waals surface area contributed by atoms with Gasteiger partial charge in [0.25, 0.3) is 0 Å². The van der Waals surface area contributed by atoms with E-state index in [9.17, 15) is 18.9 Å². The average Bonchev–Trinajstić information content (AvgIpc) is 2.95. The first kappa shape index (κ1) is 29.1. The van der Waals surface area contributed by atoms with Gasteiger partial charge in [-0.3, -0.25) is 0 Å². The Morgan fingerprint density at radius 3 is 2.37 bits per heavy atom. The van der Waals surface area contributed by atoms with Crippen molar-refractivity contribution in [3.63, 3.8) is 0 Å². The van der Waals surface area contributed by atoms with E-state index in [2.05, 4.69) is 27.8 Å². The number of aromatic nitrogens is 2. The van der Waals surface area contributed by atoms with E-state index in [-0.39, 0.29) is 18.8 Å². The molecule has 1 atom stereocenters. The van der Waals surface area contributed by atoms with E-state index in [1.807, 2.05) is 37.3 Å². The van der Waals surface area contributed by atoms with Gasteiger partial charge in [0.1, 0.15) is 0 Å². The number of carbonyl (C=O) groups is 3. The fourth-order valence-corrected chi connectivity index (χ4v) is 4.19. The molecular weight excluding hydrogens is 505 g/mol. The number of ether oxygens (including phenoxy) is 1. The number of aryl methyl sites for hydroxylation is 1. The normalized spacial score (nSPS) is 13.8. The molecular formula is C27H34N5O5P. The second-order valence-electron chi connectivity index (χ2n) is 8.94. The monoisotopic (exact) mass is 539 g/mol. The molecule has 11 heteroatoms. The number of nitrogens with one attached hydrogen (secondary N) is 1. The van der Waals surface area contributed by atoms with Crippen LogP contribution in [0.15, 0.2) is 36.4 Å². The summed E-state index contributed by atoms with van der Waals surface area (Å²) >= 11 is 0. The zero-order valence-corrected chi connectivity index (χ0v) is 22.8. The van der Waals surface area contributed by atoms with Crippen molar-refractivity contribution in [2.45, 2.75) is 52.0 Å². The first-order valence-corrected chi connectivity index (χ1v) is 13.8. The van der Waals surface area contributed by atoms with Crippen LogP contribution in [0.2, 0.25) is 0 Å². The molecule has 2 heterocycles. The molecule has 1 N–H and O–H groups in total. The fourth-order valence-electron chi connectivity index (χ4n) is 3.91. The number of amides is 3. The average molecular weight is 540 g/mol. The zero-order chi connectivity index (χ0) is 27.3. The van der Waals surface area contributed by atoms with Gasteiger partial charge < -0.3 is 0 Å². The third-order valence-electron chi connectivity index (χ3n) is 6.11. The van der Waals surface area contributed by atoms with Crippen molar-refractivity contribution in [2.75, 3.05) is 32.8 Å². The van der Waals surface area contributed by atoms with E-state index in [1.54, 1.807) is 11.0 Å². The maximum atomic E-state index is 13.2. The molecule has 0 aliphatic carbocycles. The molecule has 202 valence electrons. The molecule has 1 aliphatic rings. The van der Waals surface area contributed by atoms with Crippen molar-refractivity contribution in [3.8, 4) is 17.0 Å². The SMILES string of the molecule is CCCCOC(=O)N1CCN(C(=O)[C@H](C#P=O)NC(=O)c2cc(CCCC)nc(-c3ccccc3)n2)CC1. The minimum absolute atomic E-state index is 0.117. The van der Waals surface area contributed by atoms with Gasteiger partial charge in [-0.1, -0.05) is 6.92 Å². The molecule has 2 aromatic rings. The molecule has 1 aliphatic heterocycles. The summed E-state index contributed by atoms with van der Waals surface area (Å²) in [5.41, 5.74) is 4.11. The zero-order valence-electron chi connectivity index (χ0n) is 21.9. The topological polar surface area (TPSA) is 122 Å². The van der Waals surface area contributed by atoms with Crippen molar-refractivity contribution < 1.29 is 23.7 Å². The van der Waals surface area contributed by atoms with Gasteiger partial charge in [-0.25, -0.2) is 0 Å². The van der Waals surface area contributed by atoms with Crippen molar-refractivity contribution in [1.82, 2.24) is 25.1 Å². The molecule has 0 radical (unpaired) electrons. The second kappa shape index (κ2) is 15.1. The minimum atomic E-state index is -1.24. The third-order valence-corrected chi connectivity index (χ3v) is 6.47. The van der Waals surface area contributed by atoms with Crippen LogP contribution in [-0.4, -0.2) is 76.5 Å². The van der Waals surface area contributed by atoms with Crippen LogP contribution in [0.5, 0.6) is 0 Å². The Balaban J connectivity index is 1.71.